The minimum absolute atomic E-state index is 0.00125. The SMILES string of the molecule is COc1ccc(C2(c3ccc(OC(=O)Oc4ccc(N5C(=O)c6ccc(C(=O)N(C(C)=O)c7ccc(OC(C)=O)cc7)cc6C5=O)cc4)cc3)CCCCC2)cc1. The summed E-state index contributed by atoms with van der Waals surface area (Å²) in [4.78, 5) is 79.0. The molecule has 0 bridgehead atoms. The van der Waals surface area contributed by atoms with E-state index in [1.54, 1.807) is 19.2 Å². The normalized spacial score (nSPS) is 14.3. The van der Waals surface area contributed by atoms with Gasteiger partial charge in [0.05, 0.1) is 29.6 Å². The van der Waals surface area contributed by atoms with Crippen LogP contribution in [0.4, 0.5) is 16.2 Å². The zero-order chi connectivity index (χ0) is 40.3. The molecule has 5 aromatic rings. The molecule has 12 heteroatoms. The summed E-state index contributed by atoms with van der Waals surface area (Å²) in [7, 11) is 1.65. The van der Waals surface area contributed by atoms with Crippen LogP contribution in [0.3, 0.4) is 0 Å². The van der Waals surface area contributed by atoms with Crippen molar-refractivity contribution in [1.82, 2.24) is 0 Å². The molecule has 2 aliphatic rings. The predicted octanol–water partition coefficient (Wildman–Crippen LogP) is 8.44. The van der Waals surface area contributed by atoms with Crippen LogP contribution in [0.15, 0.2) is 115 Å². The number of carbonyl (C=O) groups is 6. The zero-order valence-electron chi connectivity index (χ0n) is 31.5. The van der Waals surface area contributed by atoms with E-state index in [4.69, 9.17) is 18.9 Å². The van der Waals surface area contributed by atoms with Crippen molar-refractivity contribution in [3.8, 4) is 23.0 Å². The van der Waals surface area contributed by atoms with E-state index in [9.17, 15) is 28.8 Å². The van der Waals surface area contributed by atoms with Crippen molar-refractivity contribution in [3.63, 3.8) is 0 Å². The van der Waals surface area contributed by atoms with E-state index in [1.165, 1.54) is 92.6 Å². The van der Waals surface area contributed by atoms with Gasteiger partial charge in [-0.15, -0.1) is 0 Å². The second-order valence-corrected chi connectivity index (χ2v) is 13.8. The van der Waals surface area contributed by atoms with Crippen molar-refractivity contribution in [3.05, 3.63) is 143 Å². The molecule has 0 atom stereocenters. The first-order chi connectivity index (χ1) is 27.5. The van der Waals surface area contributed by atoms with E-state index in [0.717, 1.165) is 46.8 Å². The fraction of sp³-hybridized carbons (Fsp3) is 0.200. The third kappa shape index (κ3) is 7.75. The lowest BCUT2D eigenvalue weighted by atomic mass is 9.65. The van der Waals surface area contributed by atoms with Gasteiger partial charge in [0.15, 0.2) is 0 Å². The van der Waals surface area contributed by atoms with Gasteiger partial charge in [-0.3, -0.25) is 24.0 Å². The Hall–Kier alpha value is -7.08. The van der Waals surface area contributed by atoms with Gasteiger partial charge < -0.3 is 18.9 Å². The molecule has 57 heavy (non-hydrogen) atoms. The zero-order valence-corrected chi connectivity index (χ0v) is 31.5. The molecule has 0 radical (unpaired) electrons. The molecule has 1 fully saturated rings. The highest BCUT2D eigenvalue weighted by Gasteiger charge is 2.38. The Labute approximate surface area is 328 Å². The maximum Gasteiger partial charge on any atom is 0.519 e. The highest BCUT2D eigenvalue weighted by molar-refractivity contribution is 6.35. The number of hydrogen-bond acceptors (Lipinski definition) is 10. The molecular formula is C45H38N2O10. The molecule has 1 aliphatic carbocycles. The fourth-order valence-electron chi connectivity index (χ4n) is 7.54. The summed E-state index contributed by atoms with van der Waals surface area (Å²) in [5.74, 6) is -1.66. The van der Waals surface area contributed by atoms with E-state index < -0.39 is 35.8 Å². The fourth-order valence-corrected chi connectivity index (χ4v) is 7.54. The van der Waals surface area contributed by atoms with Crippen LogP contribution >= 0.6 is 0 Å². The lowest BCUT2D eigenvalue weighted by Crippen LogP contribution is -2.35. The van der Waals surface area contributed by atoms with Crippen molar-refractivity contribution in [2.75, 3.05) is 16.9 Å². The van der Waals surface area contributed by atoms with E-state index in [2.05, 4.69) is 12.1 Å². The van der Waals surface area contributed by atoms with Crippen molar-refractivity contribution in [2.45, 2.75) is 51.4 Å². The first-order valence-corrected chi connectivity index (χ1v) is 18.4. The highest BCUT2D eigenvalue weighted by Crippen LogP contribution is 2.45. The van der Waals surface area contributed by atoms with Crippen molar-refractivity contribution < 1.29 is 47.7 Å². The highest BCUT2D eigenvalue weighted by atomic mass is 16.7. The molecule has 5 aromatic carbocycles. The number of ether oxygens (including phenoxy) is 4. The van der Waals surface area contributed by atoms with Crippen LogP contribution in [0.1, 0.15) is 88.2 Å². The summed E-state index contributed by atoms with van der Waals surface area (Å²) < 4.78 is 21.3. The Balaban J connectivity index is 1.01. The van der Waals surface area contributed by atoms with Crippen LogP contribution in [0.2, 0.25) is 0 Å². The Bertz CT molecular complexity index is 2360. The predicted molar refractivity (Wildman–Crippen MR) is 209 cm³/mol. The Kier molecular flexibility index (Phi) is 10.7. The number of anilines is 2. The molecule has 1 aliphatic heterocycles. The lowest BCUT2D eigenvalue weighted by molar-refractivity contribution is -0.131. The number of rotatable bonds is 9. The summed E-state index contributed by atoms with van der Waals surface area (Å²) in [6.07, 6.45) is 4.48. The van der Waals surface area contributed by atoms with Crippen molar-refractivity contribution in [1.29, 1.82) is 0 Å². The van der Waals surface area contributed by atoms with Gasteiger partial charge >= 0.3 is 12.1 Å². The molecule has 288 valence electrons. The van der Waals surface area contributed by atoms with E-state index >= 15 is 0 Å². The maximum absolute atomic E-state index is 13.6. The van der Waals surface area contributed by atoms with E-state index in [0.29, 0.717) is 5.75 Å². The second-order valence-electron chi connectivity index (χ2n) is 13.8. The maximum atomic E-state index is 13.6. The minimum Gasteiger partial charge on any atom is -0.497 e. The van der Waals surface area contributed by atoms with Gasteiger partial charge in [0, 0.05) is 24.8 Å². The molecule has 0 spiro atoms. The van der Waals surface area contributed by atoms with Gasteiger partial charge in [-0.2, -0.15) is 0 Å². The molecule has 12 nitrogen and oxygen atoms in total. The molecule has 0 unspecified atom stereocenters. The topological polar surface area (TPSA) is 146 Å². The third-order valence-corrected chi connectivity index (χ3v) is 10.3. The lowest BCUT2D eigenvalue weighted by Gasteiger charge is -2.38. The average molecular weight is 767 g/mol. The Morgan fingerprint density at radius 3 is 1.65 bits per heavy atom. The van der Waals surface area contributed by atoms with E-state index in [1.807, 2.05) is 24.3 Å². The van der Waals surface area contributed by atoms with Gasteiger partial charge in [0.25, 0.3) is 17.7 Å². The molecule has 1 saturated carbocycles. The summed E-state index contributed by atoms with van der Waals surface area (Å²) in [6, 6.07) is 31.2. The number of methoxy groups -OCH3 is 1. The minimum atomic E-state index is -0.962. The largest absolute Gasteiger partial charge is 0.519 e. The molecule has 0 N–H and O–H groups in total. The molecule has 4 amide bonds. The van der Waals surface area contributed by atoms with Crippen LogP contribution in [0.25, 0.3) is 0 Å². The monoisotopic (exact) mass is 766 g/mol. The van der Waals surface area contributed by atoms with Crippen LogP contribution < -0.4 is 28.7 Å². The number of carbonyl (C=O) groups excluding carboxylic acids is 6. The number of amides is 4. The summed E-state index contributed by atoms with van der Waals surface area (Å²) in [5, 5.41) is 0. The standard InChI is InChI=1S/C45H38N2O10/c1-28(48)46(33-12-20-36(21-13-33)55-29(2)49)41(50)30-7-24-39-40(27-30)43(52)47(42(39)51)34-14-22-38(23-15-34)57-44(53)56-37-18-10-32(11-19-37)45(25-5-4-6-26-45)31-8-16-35(54-3)17-9-31/h7-24,27H,4-6,25-26H2,1-3H3. The quantitative estimate of drug-likeness (QED) is 0.0620. The number of fused-ring (bicyclic) bond motifs is 1. The molecule has 7 rings (SSSR count). The van der Waals surface area contributed by atoms with Crippen molar-refractivity contribution >= 4 is 47.1 Å². The summed E-state index contributed by atoms with van der Waals surface area (Å²) in [5.41, 5.74) is 2.68. The molecule has 0 saturated heterocycles. The van der Waals surface area contributed by atoms with Gasteiger partial charge in [-0.05, 0) is 115 Å². The average Bonchev–Trinajstić information content (AvgIpc) is 3.47. The number of imide groups is 2. The number of nitrogens with zero attached hydrogens (tertiary/aromatic N) is 2. The smallest absolute Gasteiger partial charge is 0.497 e. The van der Waals surface area contributed by atoms with E-state index in [-0.39, 0.29) is 45.0 Å². The Morgan fingerprint density at radius 1 is 0.596 bits per heavy atom. The van der Waals surface area contributed by atoms with Gasteiger partial charge in [-0.1, -0.05) is 43.5 Å². The second kappa shape index (κ2) is 16.0. The van der Waals surface area contributed by atoms with Crippen LogP contribution in [0.5, 0.6) is 23.0 Å². The van der Waals surface area contributed by atoms with Gasteiger partial charge in [0.1, 0.15) is 23.0 Å². The molecule has 0 aromatic heterocycles. The van der Waals surface area contributed by atoms with Gasteiger partial charge in [-0.25, -0.2) is 14.6 Å². The number of esters is 1. The van der Waals surface area contributed by atoms with Gasteiger partial charge in [0.2, 0.25) is 5.91 Å². The number of hydrogen-bond donors (Lipinski definition) is 0. The summed E-state index contributed by atoms with van der Waals surface area (Å²) in [6.45, 7) is 2.46. The number of benzene rings is 5. The Morgan fingerprint density at radius 2 is 1.11 bits per heavy atom. The molecule has 1 heterocycles. The van der Waals surface area contributed by atoms with Crippen molar-refractivity contribution in [2.24, 2.45) is 0 Å². The van der Waals surface area contributed by atoms with Crippen LogP contribution in [-0.2, 0) is 15.0 Å². The van der Waals surface area contributed by atoms with Crippen LogP contribution in [-0.4, -0.2) is 42.9 Å². The first kappa shape index (κ1) is 38.2. The summed E-state index contributed by atoms with van der Waals surface area (Å²) >= 11 is 0. The molecular weight excluding hydrogens is 728 g/mol. The third-order valence-electron chi connectivity index (χ3n) is 10.3. The first-order valence-electron chi connectivity index (χ1n) is 18.4. The van der Waals surface area contributed by atoms with Crippen LogP contribution in [0, 0.1) is 0 Å².